The molecule has 1 aliphatic rings. The van der Waals surface area contributed by atoms with Gasteiger partial charge in [0.05, 0.1) is 6.61 Å². The molecule has 3 nitrogen and oxygen atoms in total. The summed E-state index contributed by atoms with van der Waals surface area (Å²) in [5.41, 5.74) is 1.26. The molecular formula is C17H28N2O. The first kappa shape index (κ1) is 15.3. The van der Waals surface area contributed by atoms with E-state index in [0.29, 0.717) is 6.04 Å². The largest absolute Gasteiger partial charge is 0.494 e. The molecule has 112 valence electrons. The van der Waals surface area contributed by atoms with Crippen LogP contribution in [0.1, 0.15) is 38.8 Å². The fraction of sp³-hybridized carbons (Fsp3) is 0.647. The average molecular weight is 276 g/mol. The Balaban J connectivity index is 1.87. The molecule has 0 aromatic heterocycles. The maximum absolute atomic E-state index is 5.72. The molecule has 2 atom stereocenters. The van der Waals surface area contributed by atoms with Gasteiger partial charge in [0.2, 0.25) is 0 Å². The maximum atomic E-state index is 5.72. The molecule has 0 aliphatic carbocycles. The monoisotopic (exact) mass is 276 g/mol. The highest BCUT2D eigenvalue weighted by atomic mass is 16.5. The van der Waals surface area contributed by atoms with Crippen LogP contribution in [0.4, 0.5) is 0 Å². The fourth-order valence-electron chi connectivity index (χ4n) is 2.95. The molecule has 1 fully saturated rings. The van der Waals surface area contributed by atoms with Crippen molar-refractivity contribution in [1.29, 1.82) is 0 Å². The molecule has 20 heavy (non-hydrogen) atoms. The lowest BCUT2D eigenvalue weighted by molar-refractivity contribution is 0.326. The Hall–Kier alpha value is -1.06. The standard InChI is InChI=1S/C17H28N2O/c1-4-19-11-10-15(13-19)12-18-14(3)16-8-6-7-9-17(16)20-5-2/h6-9,14-15,18H,4-5,10-13H2,1-3H3. The third-order valence-electron chi connectivity index (χ3n) is 4.22. The van der Waals surface area contributed by atoms with E-state index >= 15 is 0 Å². The van der Waals surface area contributed by atoms with E-state index in [1.165, 1.54) is 31.6 Å². The first-order valence-electron chi connectivity index (χ1n) is 7.92. The summed E-state index contributed by atoms with van der Waals surface area (Å²) < 4.78 is 5.72. The van der Waals surface area contributed by atoms with E-state index in [9.17, 15) is 0 Å². The minimum absolute atomic E-state index is 0.341. The van der Waals surface area contributed by atoms with Crippen molar-refractivity contribution in [2.75, 3.05) is 32.8 Å². The third kappa shape index (κ3) is 3.97. The van der Waals surface area contributed by atoms with Crippen LogP contribution in [-0.4, -0.2) is 37.7 Å². The zero-order valence-corrected chi connectivity index (χ0v) is 13.1. The highest BCUT2D eigenvalue weighted by molar-refractivity contribution is 5.35. The quantitative estimate of drug-likeness (QED) is 0.828. The van der Waals surface area contributed by atoms with Crippen LogP contribution in [0.2, 0.25) is 0 Å². The molecule has 0 saturated carbocycles. The lowest BCUT2D eigenvalue weighted by atomic mass is 10.0. The minimum Gasteiger partial charge on any atom is -0.494 e. The smallest absolute Gasteiger partial charge is 0.124 e. The highest BCUT2D eigenvalue weighted by Crippen LogP contribution is 2.25. The molecule has 2 rings (SSSR count). The Labute approximate surface area is 123 Å². The lowest BCUT2D eigenvalue weighted by Crippen LogP contribution is -2.28. The molecule has 0 bridgehead atoms. The molecular weight excluding hydrogens is 248 g/mol. The zero-order chi connectivity index (χ0) is 14.4. The summed E-state index contributed by atoms with van der Waals surface area (Å²) >= 11 is 0. The number of likely N-dealkylation sites (tertiary alicyclic amines) is 1. The van der Waals surface area contributed by atoms with Crippen LogP contribution >= 0.6 is 0 Å². The van der Waals surface area contributed by atoms with Crippen molar-refractivity contribution < 1.29 is 4.74 Å². The summed E-state index contributed by atoms with van der Waals surface area (Å²) in [5.74, 6) is 1.80. The van der Waals surface area contributed by atoms with Gasteiger partial charge >= 0.3 is 0 Å². The van der Waals surface area contributed by atoms with Crippen molar-refractivity contribution in [3.8, 4) is 5.75 Å². The summed E-state index contributed by atoms with van der Waals surface area (Å²) in [6.45, 7) is 12.0. The van der Waals surface area contributed by atoms with Crippen molar-refractivity contribution in [2.24, 2.45) is 5.92 Å². The first-order chi connectivity index (χ1) is 9.74. The van der Waals surface area contributed by atoms with Crippen molar-refractivity contribution in [3.63, 3.8) is 0 Å². The predicted octanol–water partition coefficient (Wildman–Crippen LogP) is 3.08. The van der Waals surface area contributed by atoms with Crippen molar-refractivity contribution in [2.45, 2.75) is 33.2 Å². The molecule has 1 aromatic rings. The third-order valence-corrected chi connectivity index (χ3v) is 4.22. The van der Waals surface area contributed by atoms with Gasteiger partial charge in [-0.3, -0.25) is 0 Å². The van der Waals surface area contributed by atoms with Gasteiger partial charge in [0.1, 0.15) is 5.75 Å². The second-order valence-corrected chi connectivity index (χ2v) is 5.65. The predicted molar refractivity (Wildman–Crippen MR) is 84.2 cm³/mol. The van der Waals surface area contributed by atoms with Crippen molar-refractivity contribution in [3.05, 3.63) is 29.8 Å². The Morgan fingerprint density at radius 2 is 2.15 bits per heavy atom. The SMILES string of the molecule is CCOc1ccccc1C(C)NCC1CCN(CC)C1. The number of hydrogen-bond donors (Lipinski definition) is 1. The Morgan fingerprint density at radius 1 is 1.35 bits per heavy atom. The lowest BCUT2D eigenvalue weighted by Gasteiger charge is -2.20. The van der Waals surface area contributed by atoms with Gasteiger partial charge in [0, 0.05) is 18.2 Å². The van der Waals surface area contributed by atoms with E-state index in [4.69, 9.17) is 4.74 Å². The van der Waals surface area contributed by atoms with Crippen molar-refractivity contribution >= 4 is 0 Å². The second-order valence-electron chi connectivity index (χ2n) is 5.65. The number of para-hydroxylation sites is 1. The van der Waals surface area contributed by atoms with Gasteiger partial charge in [0.15, 0.2) is 0 Å². The Kier molecular flexibility index (Phi) is 5.86. The van der Waals surface area contributed by atoms with E-state index in [-0.39, 0.29) is 0 Å². The van der Waals surface area contributed by atoms with Gasteiger partial charge in [-0.1, -0.05) is 25.1 Å². The molecule has 0 radical (unpaired) electrons. The summed E-state index contributed by atoms with van der Waals surface area (Å²) in [5, 5.41) is 3.68. The van der Waals surface area contributed by atoms with Gasteiger partial charge in [-0.2, -0.15) is 0 Å². The van der Waals surface area contributed by atoms with Crippen LogP contribution in [0.15, 0.2) is 24.3 Å². The molecule has 2 unspecified atom stereocenters. The Bertz CT molecular complexity index is 408. The molecule has 0 amide bonds. The van der Waals surface area contributed by atoms with Crippen LogP contribution in [0.5, 0.6) is 5.75 Å². The van der Waals surface area contributed by atoms with Gasteiger partial charge in [-0.05, 0) is 51.9 Å². The van der Waals surface area contributed by atoms with Crippen LogP contribution in [0.25, 0.3) is 0 Å². The number of hydrogen-bond acceptors (Lipinski definition) is 3. The van der Waals surface area contributed by atoms with Crippen LogP contribution in [0.3, 0.4) is 0 Å². The molecule has 0 spiro atoms. The maximum Gasteiger partial charge on any atom is 0.124 e. The van der Waals surface area contributed by atoms with Gasteiger partial charge in [-0.25, -0.2) is 0 Å². The molecule has 1 aromatic carbocycles. The summed E-state index contributed by atoms with van der Waals surface area (Å²) in [4.78, 5) is 2.53. The van der Waals surface area contributed by atoms with Crippen molar-refractivity contribution in [1.82, 2.24) is 10.2 Å². The fourth-order valence-corrected chi connectivity index (χ4v) is 2.95. The molecule has 1 N–H and O–H groups in total. The number of nitrogens with one attached hydrogen (secondary N) is 1. The van der Waals surface area contributed by atoms with Crippen LogP contribution < -0.4 is 10.1 Å². The van der Waals surface area contributed by atoms with E-state index in [1.807, 2.05) is 13.0 Å². The minimum atomic E-state index is 0.341. The summed E-state index contributed by atoms with van der Waals surface area (Å²) in [6, 6.07) is 8.69. The number of benzene rings is 1. The normalized spacial score (nSPS) is 21.1. The molecule has 1 heterocycles. The summed E-state index contributed by atoms with van der Waals surface area (Å²) in [6.07, 6.45) is 1.32. The number of ether oxygens (including phenoxy) is 1. The van der Waals surface area contributed by atoms with E-state index in [0.717, 1.165) is 24.8 Å². The number of rotatable bonds is 7. The van der Waals surface area contributed by atoms with E-state index < -0.39 is 0 Å². The summed E-state index contributed by atoms with van der Waals surface area (Å²) in [7, 11) is 0. The molecule has 3 heteroatoms. The van der Waals surface area contributed by atoms with Gasteiger partial charge in [0.25, 0.3) is 0 Å². The first-order valence-corrected chi connectivity index (χ1v) is 7.92. The average Bonchev–Trinajstić information content (AvgIpc) is 2.94. The topological polar surface area (TPSA) is 24.5 Å². The van der Waals surface area contributed by atoms with E-state index in [1.54, 1.807) is 0 Å². The van der Waals surface area contributed by atoms with Gasteiger partial charge in [-0.15, -0.1) is 0 Å². The molecule has 1 saturated heterocycles. The van der Waals surface area contributed by atoms with Crippen LogP contribution in [0, 0.1) is 5.92 Å². The highest BCUT2D eigenvalue weighted by Gasteiger charge is 2.21. The zero-order valence-electron chi connectivity index (χ0n) is 13.1. The van der Waals surface area contributed by atoms with E-state index in [2.05, 4.69) is 42.3 Å². The molecule has 1 aliphatic heterocycles. The Morgan fingerprint density at radius 3 is 2.85 bits per heavy atom. The number of nitrogens with zero attached hydrogens (tertiary/aromatic N) is 1. The van der Waals surface area contributed by atoms with Crippen LogP contribution in [-0.2, 0) is 0 Å². The second kappa shape index (κ2) is 7.65. The van der Waals surface area contributed by atoms with Gasteiger partial charge < -0.3 is 15.0 Å².